The fourth-order valence-corrected chi connectivity index (χ4v) is 5.76. The summed E-state index contributed by atoms with van der Waals surface area (Å²) in [5, 5.41) is 10.9. The van der Waals surface area contributed by atoms with E-state index in [1.54, 1.807) is 7.11 Å². The SMILES string of the molecule is COc1ccc2cc1[C@H]1C=C(CC[C@H]1O)C[C@H]1CN(C)[C@@H](C2)CN1Cc1ccccc1. The van der Waals surface area contributed by atoms with Gasteiger partial charge < -0.3 is 14.7 Å². The second-order valence-corrected chi connectivity index (χ2v) is 9.60. The lowest BCUT2D eigenvalue weighted by Gasteiger charge is -2.46. The molecule has 31 heavy (non-hydrogen) atoms. The highest BCUT2D eigenvalue weighted by Gasteiger charge is 2.35. The number of hydrogen-bond donors (Lipinski definition) is 1. The maximum atomic E-state index is 10.9. The molecule has 0 spiro atoms. The summed E-state index contributed by atoms with van der Waals surface area (Å²) in [6.45, 7) is 3.17. The molecule has 0 radical (unpaired) electrons. The number of rotatable bonds is 3. The summed E-state index contributed by atoms with van der Waals surface area (Å²) >= 11 is 0. The molecule has 2 aromatic carbocycles. The van der Waals surface area contributed by atoms with E-state index in [1.807, 2.05) is 0 Å². The molecular weight excluding hydrogens is 384 g/mol. The number of aliphatic hydroxyl groups is 1. The average Bonchev–Trinajstić information content (AvgIpc) is 2.78. The van der Waals surface area contributed by atoms with Crippen LogP contribution in [0, 0.1) is 0 Å². The van der Waals surface area contributed by atoms with Crippen molar-refractivity contribution in [1.82, 2.24) is 9.80 Å². The fourth-order valence-electron chi connectivity index (χ4n) is 5.76. The van der Waals surface area contributed by atoms with Crippen LogP contribution < -0.4 is 4.74 Å². The molecule has 4 nitrogen and oxygen atoms in total. The van der Waals surface area contributed by atoms with E-state index >= 15 is 0 Å². The first kappa shape index (κ1) is 20.7. The number of fused-ring (bicyclic) bond motifs is 2. The molecule has 0 aromatic heterocycles. The lowest BCUT2D eigenvalue weighted by Crippen LogP contribution is -2.57. The maximum absolute atomic E-state index is 10.9. The van der Waals surface area contributed by atoms with Crippen LogP contribution in [-0.2, 0) is 13.0 Å². The maximum Gasteiger partial charge on any atom is 0.122 e. The summed E-state index contributed by atoms with van der Waals surface area (Å²) in [5.74, 6) is 0.920. The highest BCUT2D eigenvalue weighted by molar-refractivity contribution is 5.44. The Bertz CT molecular complexity index is 942. The number of benzene rings is 2. The molecule has 4 heteroatoms. The summed E-state index contributed by atoms with van der Waals surface area (Å²) in [6.07, 6.45) is 5.93. The molecule has 2 aromatic rings. The lowest BCUT2D eigenvalue weighted by atomic mass is 9.79. The van der Waals surface area contributed by atoms with Gasteiger partial charge in [0, 0.05) is 43.2 Å². The van der Waals surface area contributed by atoms with Gasteiger partial charge in [-0.3, -0.25) is 4.90 Å². The van der Waals surface area contributed by atoms with Gasteiger partial charge in [0.15, 0.2) is 0 Å². The predicted molar refractivity (Wildman–Crippen MR) is 124 cm³/mol. The Morgan fingerprint density at radius 1 is 1.03 bits per heavy atom. The zero-order valence-corrected chi connectivity index (χ0v) is 18.7. The van der Waals surface area contributed by atoms with Crippen LogP contribution in [0.15, 0.2) is 60.2 Å². The summed E-state index contributed by atoms with van der Waals surface area (Å²) in [4.78, 5) is 5.26. The Hall–Kier alpha value is -2.14. The number of ether oxygens (including phenoxy) is 1. The monoisotopic (exact) mass is 418 g/mol. The average molecular weight is 419 g/mol. The fraction of sp³-hybridized carbons (Fsp3) is 0.481. The molecular formula is C27H34N2O2. The normalized spacial score (nSPS) is 29.1. The number of hydrogen-bond acceptors (Lipinski definition) is 4. The van der Waals surface area contributed by atoms with Gasteiger partial charge in [0.05, 0.1) is 13.2 Å². The first-order valence-corrected chi connectivity index (χ1v) is 11.6. The largest absolute Gasteiger partial charge is 0.496 e. The second kappa shape index (κ2) is 8.78. The number of piperazine rings is 1. The van der Waals surface area contributed by atoms with Crippen molar-refractivity contribution < 1.29 is 9.84 Å². The van der Waals surface area contributed by atoms with E-state index in [0.717, 1.165) is 56.6 Å². The molecule has 0 amide bonds. The minimum absolute atomic E-state index is 0.0249. The van der Waals surface area contributed by atoms with E-state index in [1.165, 1.54) is 16.7 Å². The molecule has 6 bridgehead atoms. The first-order valence-electron chi connectivity index (χ1n) is 11.6. The zero-order valence-electron chi connectivity index (χ0n) is 18.7. The number of likely N-dealkylation sites (N-methyl/N-ethyl adjacent to an activating group) is 1. The van der Waals surface area contributed by atoms with Crippen molar-refractivity contribution in [3.8, 4) is 5.75 Å². The smallest absolute Gasteiger partial charge is 0.122 e. The standard InChI is InChI=1S/C27H34N2O2/c1-28-17-23-13-20-8-10-26(30)24(14-20)25-15-21(9-11-27(25)31-2)12-22(28)18-29(23)16-19-6-4-3-5-7-19/h3-7,9,11,14-15,22-24,26,30H,8,10,12-13,16-18H2,1-2H3/t22-,23-,24+,26+/m0/s1. The summed E-state index contributed by atoms with van der Waals surface area (Å²) in [7, 11) is 4.02. The molecule has 3 aliphatic heterocycles. The van der Waals surface area contributed by atoms with Crippen molar-refractivity contribution in [2.75, 3.05) is 27.2 Å². The van der Waals surface area contributed by atoms with Gasteiger partial charge in [0.2, 0.25) is 0 Å². The Labute approximate surface area is 186 Å². The molecule has 1 N–H and O–H groups in total. The third kappa shape index (κ3) is 4.30. The van der Waals surface area contributed by atoms with Gasteiger partial charge in [-0.2, -0.15) is 0 Å². The van der Waals surface area contributed by atoms with E-state index in [-0.39, 0.29) is 12.0 Å². The van der Waals surface area contributed by atoms with Crippen LogP contribution in [-0.4, -0.2) is 60.3 Å². The van der Waals surface area contributed by atoms with Gasteiger partial charge in [-0.25, -0.2) is 0 Å². The van der Waals surface area contributed by atoms with Crippen molar-refractivity contribution in [2.45, 2.75) is 56.3 Å². The number of nitrogens with zero attached hydrogens (tertiary/aromatic N) is 2. The van der Waals surface area contributed by atoms with Gasteiger partial charge in [-0.15, -0.1) is 0 Å². The van der Waals surface area contributed by atoms with Crippen LogP contribution in [0.5, 0.6) is 5.75 Å². The molecule has 1 fully saturated rings. The molecule has 164 valence electrons. The minimum atomic E-state index is -0.337. The van der Waals surface area contributed by atoms with Crippen LogP contribution in [0.1, 0.15) is 41.9 Å². The minimum Gasteiger partial charge on any atom is -0.496 e. The van der Waals surface area contributed by atoms with Gasteiger partial charge in [0.25, 0.3) is 0 Å². The van der Waals surface area contributed by atoms with E-state index < -0.39 is 0 Å². The highest BCUT2D eigenvalue weighted by atomic mass is 16.5. The number of aliphatic hydroxyl groups excluding tert-OH is 1. The summed E-state index contributed by atoms with van der Waals surface area (Å²) in [5.41, 5.74) is 5.35. The van der Waals surface area contributed by atoms with E-state index in [2.05, 4.69) is 71.5 Å². The van der Waals surface area contributed by atoms with Crippen molar-refractivity contribution in [2.24, 2.45) is 0 Å². The van der Waals surface area contributed by atoms with Gasteiger partial charge >= 0.3 is 0 Å². The Morgan fingerprint density at radius 3 is 2.68 bits per heavy atom. The Balaban J connectivity index is 1.54. The Morgan fingerprint density at radius 2 is 1.87 bits per heavy atom. The number of methoxy groups -OCH3 is 1. The van der Waals surface area contributed by atoms with Crippen molar-refractivity contribution in [3.63, 3.8) is 0 Å². The summed E-state index contributed by atoms with van der Waals surface area (Å²) in [6, 6.07) is 18.5. The van der Waals surface area contributed by atoms with Crippen molar-refractivity contribution >= 4 is 0 Å². The predicted octanol–water partition coefficient (Wildman–Crippen LogP) is 3.99. The Kier molecular flexibility index (Phi) is 5.87. The third-order valence-electron chi connectivity index (χ3n) is 7.53. The zero-order chi connectivity index (χ0) is 21.4. The van der Waals surface area contributed by atoms with E-state index in [4.69, 9.17) is 4.74 Å². The van der Waals surface area contributed by atoms with Crippen LogP contribution in [0.25, 0.3) is 0 Å². The molecule has 6 rings (SSSR count). The van der Waals surface area contributed by atoms with Crippen LogP contribution in [0.4, 0.5) is 0 Å². The summed E-state index contributed by atoms with van der Waals surface area (Å²) < 4.78 is 5.70. The molecule has 1 saturated heterocycles. The second-order valence-electron chi connectivity index (χ2n) is 9.60. The first-order chi connectivity index (χ1) is 15.1. The molecule has 0 unspecified atom stereocenters. The van der Waals surface area contributed by atoms with Crippen LogP contribution >= 0.6 is 0 Å². The molecule has 4 aliphatic rings. The van der Waals surface area contributed by atoms with E-state index in [9.17, 15) is 5.11 Å². The topological polar surface area (TPSA) is 35.9 Å². The van der Waals surface area contributed by atoms with Crippen molar-refractivity contribution in [3.05, 3.63) is 76.9 Å². The van der Waals surface area contributed by atoms with Crippen LogP contribution in [0.2, 0.25) is 0 Å². The van der Waals surface area contributed by atoms with Gasteiger partial charge in [-0.1, -0.05) is 54.1 Å². The van der Waals surface area contributed by atoms with Crippen molar-refractivity contribution in [1.29, 1.82) is 0 Å². The van der Waals surface area contributed by atoms with Crippen LogP contribution in [0.3, 0.4) is 0 Å². The lowest BCUT2D eigenvalue weighted by molar-refractivity contribution is 0.0375. The van der Waals surface area contributed by atoms with E-state index in [0.29, 0.717) is 12.1 Å². The third-order valence-corrected chi connectivity index (χ3v) is 7.53. The molecule has 1 aliphatic carbocycles. The van der Waals surface area contributed by atoms with Gasteiger partial charge in [0.1, 0.15) is 5.75 Å². The highest BCUT2D eigenvalue weighted by Crippen LogP contribution is 2.39. The quantitative estimate of drug-likeness (QED) is 0.765. The molecule has 3 heterocycles. The molecule has 0 saturated carbocycles. The van der Waals surface area contributed by atoms with Gasteiger partial charge in [-0.05, 0) is 49.9 Å². The molecule has 4 atom stereocenters.